The molecule has 1 unspecified atom stereocenters. The van der Waals surface area contributed by atoms with Crippen molar-refractivity contribution in [3.8, 4) is 5.19 Å². The molecule has 78 valence electrons. The molecule has 0 saturated heterocycles. The highest BCUT2D eigenvalue weighted by Crippen LogP contribution is 2.39. The third-order valence-electron chi connectivity index (χ3n) is 2.61. The number of aromatic nitrogens is 1. The smallest absolute Gasteiger partial charge is 0.273 e. The highest BCUT2D eigenvalue weighted by molar-refractivity contribution is 7.13. The second-order valence-electron chi connectivity index (χ2n) is 3.92. The van der Waals surface area contributed by atoms with Gasteiger partial charge >= 0.3 is 0 Å². The Kier molecular flexibility index (Phi) is 2.74. The van der Waals surface area contributed by atoms with Crippen LogP contribution in [0.2, 0.25) is 0 Å². The maximum absolute atomic E-state index is 6.12. The van der Waals surface area contributed by atoms with Crippen molar-refractivity contribution in [3.05, 3.63) is 10.6 Å². The molecule has 4 heteroatoms. The van der Waals surface area contributed by atoms with Gasteiger partial charge in [-0.3, -0.25) is 0 Å². The van der Waals surface area contributed by atoms with Gasteiger partial charge in [0, 0.05) is 10.9 Å². The van der Waals surface area contributed by atoms with Crippen molar-refractivity contribution in [1.29, 1.82) is 0 Å². The average molecular weight is 212 g/mol. The summed E-state index contributed by atoms with van der Waals surface area (Å²) in [6.07, 6.45) is 3.80. The van der Waals surface area contributed by atoms with Gasteiger partial charge in [0.2, 0.25) is 0 Å². The lowest BCUT2D eigenvalue weighted by atomic mass is 10.1. The summed E-state index contributed by atoms with van der Waals surface area (Å²) in [5.74, 6) is 0.859. The Morgan fingerprint density at radius 1 is 1.64 bits per heavy atom. The predicted molar refractivity (Wildman–Crippen MR) is 57.7 cm³/mol. The van der Waals surface area contributed by atoms with Gasteiger partial charge in [-0.15, -0.1) is 0 Å². The summed E-state index contributed by atoms with van der Waals surface area (Å²) in [6, 6.07) is 0.156. The molecule has 0 bridgehead atoms. The van der Waals surface area contributed by atoms with Gasteiger partial charge in [-0.05, 0) is 19.3 Å². The summed E-state index contributed by atoms with van der Waals surface area (Å²) in [5.41, 5.74) is 7.15. The number of aryl methyl sites for hydroxylation is 1. The number of rotatable bonds is 4. The number of hydrogen-bond donors (Lipinski definition) is 1. The number of nitrogens with two attached hydrogens (primary N) is 1. The summed E-state index contributed by atoms with van der Waals surface area (Å²) in [4.78, 5) is 5.48. The zero-order valence-electron chi connectivity index (χ0n) is 8.62. The molecular formula is C10H16N2OS. The van der Waals surface area contributed by atoms with E-state index in [9.17, 15) is 0 Å². The zero-order valence-corrected chi connectivity index (χ0v) is 9.43. The van der Waals surface area contributed by atoms with Crippen LogP contribution in [0.5, 0.6) is 5.19 Å². The number of nitrogens with zero attached hydrogens (tertiary/aromatic N) is 1. The Bertz CT molecular complexity index is 320. The summed E-state index contributed by atoms with van der Waals surface area (Å²) in [7, 11) is 1.65. The molecule has 1 aliphatic rings. The predicted octanol–water partition coefficient (Wildman–Crippen LogP) is 2.26. The average Bonchev–Trinajstić information content (AvgIpc) is 2.87. The number of thiazole rings is 1. The first-order valence-corrected chi connectivity index (χ1v) is 5.79. The fourth-order valence-corrected chi connectivity index (χ4v) is 2.53. The summed E-state index contributed by atoms with van der Waals surface area (Å²) in [5, 5.41) is 0.726. The first-order chi connectivity index (χ1) is 6.70. The topological polar surface area (TPSA) is 48.1 Å². The SMILES string of the molecule is COc1nc(C)c(C(N)CC2CC2)s1. The van der Waals surface area contributed by atoms with Crippen LogP contribution in [0.25, 0.3) is 0 Å². The summed E-state index contributed by atoms with van der Waals surface area (Å²) >= 11 is 1.58. The van der Waals surface area contributed by atoms with Gasteiger partial charge in [0.1, 0.15) is 0 Å². The van der Waals surface area contributed by atoms with Crippen molar-refractivity contribution in [1.82, 2.24) is 4.98 Å². The van der Waals surface area contributed by atoms with E-state index in [2.05, 4.69) is 4.98 Å². The van der Waals surface area contributed by atoms with Crippen LogP contribution in [0, 0.1) is 12.8 Å². The van der Waals surface area contributed by atoms with E-state index in [1.54, 1.807) is 18.4 Å². The minimum absolute atomic E-state index is 0.156. The third kappa shape index (κ3) is 2.07. The largest absolute Gasteiger partial charge is 0.473 e. The molecule has 0 spiro atoms. The zero-order chi connectivity index (χ0) is 10.1. The van der Waals surface area contributed by atoms with Gasteiger partial charge in [0.05, 0.1) is 12.8 Å². The van der Waals surface area contributed by atoms with Gasteiger partial charge in [-0.25, -0.2) is 4.98 Å². The van der Waals surface area contributed by atoms with E-state index in [4.69, 9.17) is 10.5 Å². The third-order valence-corrected chi connectivity index (χ3v) is 3.86. The Morgan fingerprint density at radius 3 is 2.86 bits per heavy atom. The van der Waals surface area contributed by atoms with Crippen molar-refractivity contribution < 1.29 is 4.74 Å². The monoisotopic (exact) mass is 212 g/mol. The van der Waals surface area contributed by atoms with E-state index < -0.39 is 0 Å². The summed E-state index contributed by atoms with van der Waals surface area (Å²) in [6.45, 7) is 2.00. The minimum Gasteiger partial charge on any atom is -0.473 e. The molecule has 0 amide bonds. The number of hydrogen-bond acceptors (Lipinski definition) is 4. The molecule has 1 aromatic heterocycles. The lowest BCUT2D eigenvalue weighted by molar-refractivity contribution is 0.411. The molecule has 1 heterocycles. The Labute approximate surface area is 88.3 Å². The fraction of sp³-hybridized carbons (Fsp3) is 0.700. The van der Waals surface area contributed by atoms with E-state index in [1.165, 1.54) is 17.7 Å². The minimum atomic E-state index is 0.156. The van der Waals surface area contributed by atoms with Crippen molar-refractivity contribution >= 4 is 11.3 Å². The number of methoxy groups -OCH3 is 1. The van der Waals surface area contributed by atoms with Gasteiger partial charge in [-0.2, -0.15) is 0 Å². The Balaban J connectivity index is 2.08. The van der Waals surface area contributed by atoms with Crippen LogP contribution in [-0.4, -0.2) is 12.1 Å². The van der Waals surface area contributed by atoms with Crippen LogP contribution in [0.3, 0.4) is 0 Å². The van der Waals surface area contributed by atoms with Crippen LogP contribution in [0.15, 0.2) is 0 Å². The summed E-state index contributed by atoms with van der Waals surface area (Å²) < 4.78 is 5.10. The van der Waals surface area contributed by atoms with Crippen molar-refractivity contribution in [3.63, 3.8) is 0 Å². The molecule has 0 aromatic carbocycles. The highest BCUT2D eigenvalue weighted by Gasteiger charge is 2.26. The van der Waals surface area contributed by atoms with Gasteiger partial charge in [0.15, 0.2) is 0 Å². The molecule has 2 rings (SSSR count). The van der Waals surface area contributed by atoms with E-state index in [-0.39, 0.29) is 6.04 Å². The first-order valence-electron chi connectivity index (χ1n) is 4.97. The van der Waals surface area contributed by atoms with E-state index >= 15 is 0 Å². The second-order valence-corrected chi connectivity index (χ2v) is 4.91. The van der Waals surface area contributed by atoms with Crippen molar-refractivity contribution in [2.75, 3.05) is 7.11 Å². The lowest BCUT2D eigenvalue weighted by Gasteiger charge is -2.08. The molecule has 1 fully saturated rings. The molecular weight excluding hydrogens is 196 g/mol. The molecule has 1 atom stereocenters. The second kappa shape index (κ2) is 3.87. The maximum Gasteiger partial charge on any atom is 0.273 e. The van der Waals surface area contributed by atoms with Gasteiger partial charge < -0.3 is 10.5 Å². The molecule has 3 nitrogen and oxygen atoms in total. The van der Waals surface area contributed by atoms with E-state index in [0.717, 1.165) is 23.2 Å². The quantitative estimate of drug-likeness (QED) is 0.832. The van der Waals surface area contributed by atoms with Crippen LogP contribution < -0.4 is 10.5 Å². The van der Waals surface area contributed by atoms with Gasteiger partial charge in [0.25, 0.3) is 5.19 Å². The molecule has 1 aromatic rings. The van der Waals surface area contributed by atoms with Crippen LogP contribution in [-0.2, 0) is 0 Å². The lowest BCUT2D eigenvalue weighted by Crippen LogP contribution is -2.10. The van der Waals surface area contributed by atoms with Crippen molar-refractivity contribution in [2.45, 2.75) is 32.2 Å². The van der Waals surface area contributed by atoms with Crippen molar-refractivity contribution in [2.24, 2.45) is 11.7 Å². The Hall–Kier alpha value is -0.610. The van der Waals surface area contributed by atoms with E-state index in [0.29, 0.717) is 0 Å². The molecule has 2 N–H and O–H groups in total. The van der Waals surface area contributed by atoms with Crippen LogP contribution in [0.4, 0.5) is 0 Å². The Morgan fingerprint density at radius 2 is 2.36 bits per heavy atom. The number of ether oxygens (including phenoxy) is 1. The van der Waals surface area contributed by atoms with Crippen LogP contribution in [0.1, 0.15) is 35.9 Å². The fourth-order valence-electron chi connectivity index (χ4n) is 1.63. The van der Waals surface area contributed by atoms with Crippen LogP contribution >= 0.6 is 11.3 Å². The molecule has 1 saturated carbocycles. The molecule has 14 heavy (non-hydrogen) atoms. The van der Waals surface area contributed by atoms with Gasteiger partial charge in [-0.1, -0.05) is 24.2 Å². The highest BCUT2D eigenvalue weighted by atomic mass is 32.1. The molecule has 0 aliphatic heterocycles. The standard InChI is InChI=1S/C10H16N2OS/c1-6-9(14-10(12-6)13-2)8(11)5-7-3-4-7/h7-8H,3-5,11H2,1-2H3. The normalized spacial score (nSPS) is 18.2. The first kappa shape index (κ1) is 9.93. The maximum atomic E-state index is 6.12. The van der Waals surface area contributed by atoms with E-state index in [1.807, 2.05) is 6.92 Å². The molecule has 1 aliphatic carbocycles. The molecule has 0 radical (unpaired) electrons.